The molecule has 0 bridgehead atoms. The summed E-state index contributed by atoms with van der Waals surface area (Å²) in [5.74, 6) is 0.708. The van der Waals surface area contributed by atoms with E-state index >= 15 is 0 Å². The Morgan fingerprint density at radius 2 is 1.86 bits per heavy atom. The van der Waals surface area contributed by atoms with E-state index in [1.54, 1.807) is 30.3 Å². The van der Waals surface area contributed by atoms with E-state index in [1.165, 1.54) is 0 Å². The van der Waals surface area contributed by atoms with Crippen LogP contribution in [0.4, 0.5) is 27.9 Å². The molecule has 43 heavy (non-hydrogen) atoms. The van der Waals surface area contributed by atoms with Crippen molar-refractivity contribution in [2.75, 3.05) is 40.3 Å². The van der Waals surface area contributed by atoms with Crippen LogP contribution in [0.15, 0.2) is 61.1 Å². The van der Waals surface area contributed by atoms with Crippen molar-refractivity contribution < 1.29 is 17.9 Å². The van der Waals surface area contributed by atoms with Gasteiger partial charge in [-0.05, 0) is 71.0 Å². The van der Waals surface area contributed by atoms with Gasteiger partial charge in [0.2, 0.25) is 16.0 Å². The van der Waals surface area contributed by atoms with Crippen molar-refractivity contribution in [2.24, 2.45) is 0 Å². The predicted molar refractivity (Wildman–Crippen MR) is 168 cm³/mol. The van der Waals surface area contributed by atoms with Crippen LogP contribution in [0.25, 0.3) is 11.0 Å². The Morgan fingerprint density at radius 1 is 1.09 bits per heavy atom. The maximum absolute atomic E-state index is 12.6. The predicted octanol–water partition coefficient (Wildman–Crippen LogP) is 4.83. The van der Waals surface area contributed by atoms with Crippen molar-refractivity contribution in [3.05, 3.63) is 66.6 Å². The second kappa shape index (κ2) is 12.1. The fourth-order valence-electron chi connectivity index (χ4n) is 4.89. The molecule has 1 unspecified atom stereocenters. The maximum Gasteiger partial charge on any atom is 0.410 e. The molecule has 0 radical (unpaired) electrons. The average molecular weight is 607 g/mol. The van der Waals surface area contributed by atoms with E-state index in [1.807, 2.05) is 74.9 Å². The first kappa shape index (κ1) is 30.1. The van der Waals surface area contributed by atoms with E-state index in [0.29, 0.717) is 43.6 Å². The molecule has 0 spiro atoms. The molecule has 1 amide bonds. The fraction of sp³-hybridized carbons (Fsp3) is 0.400. The molecule has 12 nitrogen and oxygen atoms in total. The molecule has 5 rings (SSSR count). The Hall–Kier alpha value is -4.39. The van der Waals surface area contributed by atoms with Crippen molar-refractivity contribution in [1.29, 1.82) is 0 Å². The third-order valence-electron chi connectivity index (χ3n) is 7.11. The SMILES string of the molecule is CCS(=O)(=O)Nc1ncccc1Cn1ccc2cnc(Nc3ccc(N4CCN(C(=O)OC(C)(C)C)C(C)C4)cc3)nc21. The molecule has 1 atom stereocenters. The minimum atomic E-state index is -3.46. The third kappa shape index (κ3) is 7.34. The molecule has 0 aliphatic carbocycles. The zero-order valence-electron chi connectivity index (χ0n) is 25.1. The number of carbonyl (C=O) groups excluding carboxylic acids is 1. The Kier molecular flexibility index (Phi) is 8.45. The average Bonchev–Trinajstić information content (AvgIpc) is 3.35. The smallest absolute Gasteiger partial charge is 0.410 e. The summed E-state index contributed by atoms with van der Waals surface area (Å²) in [6.45, 7) is 11.6. The van der Waals surface area contributed by atoms with Gasteiger partial charge in [-0.2, -0.15) is 4.98 Å². The Morgan fingerprint density at radius 3 is 2.56 bits per heavy atom. The highest BCUT2D eigenvalue weighted by Crippen LogP contribution is 2.25. The summed E-state index contributed by atoms with van der Waals surface area (Å²) in [6, 6.07) is 13.6. The molecule has 228 valence electrons. The fourth-order valence-corrected chi connectivity index (χ4v) is 5.51. The summed E-state index contributed by atoms with van der Waals surface area (Å²) in [4.78, 5) is 30.1. The lowest BCUT2D eigenvalue weighted by atomic mass is 10.1. The molecule has 2 N–H and O–H groups in total. The number of piperazine rings is 1. The first-order valence-corrected chi connectivity index (χ1v) is 15.9. The van der Waals surface area contributed by atoms with Crippen molar-refractivity contribution in [2.45, 2.75) is 52.8 Å². The lowest BCUT2D eigenvalue weighted by molar-refractivity contribution is 0.0159. The van der Waals surface area contributed by atoms with Crippen LogP contribution < -0.4 is 14.9 Å². The number of sulfonamides is 1. The van der Waals surface area contributed by atoms with E-state index in [0.717, 1.165) is 22.3 Å². The summed E-state index contributed by atoms with van der Waals surface area (Å²) in [5.41, 5.74) is 2.82. The van der Waals surface area contributed by atoms with Gasteiger partial charge in [0.25, 0.3) is 0 Å². The standard InChI is InChI=1S/C30H38N8O4S/c1-6-43(40,41)35-26-23(8-7-14-31-26)20-37-15-13-22-18-32-28(34-27(22)37)33-24-9-11-25(12-10-24)36-16-17-38(21(2)19-36)29(39)42-30(3,4)5/h7-15,18,21H,6,16-17,19-20H2,1-5H3,(H,31,35)(H,32,33,34). The van der Waals surface area contributed by atoms with Gasteiger partial charge in [0, 0.05) is 66.6 Å². The van der Waals surface area contributed by atoms with Crippen LogP contribution in [-0.4, -0.2) is 76.0 Å². The first-order valence-electron chi connectivity index (χ1n) is 14.3. The van der Waals surface area contributed by atoms with Crippen molar-refractivity contribution in [1.82, 2.24) is 24.4 Å². The van der Waals surface area contributed by atoms with E-state index in [4.69, 9.17) is 9.72 Å². The minimum Gasteiger partial charge on any atom is -0.444 e. The van der Waals surface area contributed by atoms with Gasteiger partial charge in [0.1, 0.15) is 17.1 Å². The summed E-state index contributed by atoms with van der Waals surface area (Å²) in [5, 5.41) is 4.14. The monoisotopic (exact) mass is 606 g/mol. The quantitative estimate of drug-likeness (QED) is 0.289. The molecule has 4 heterocycles. The number of benzene rings is 1. The van der Waals surface area contributed by atoms with Gasteiger partial charge in [0.05, 0.1) is 12.3 Å². The Balaban J connectivity index is 1.26. The second-order valence-electron chi connectivity index (χ2n) is 11.6. The van der Waals surface area contributed by atoms with E-state index < -0.39 is 15.6 Å². The Bertz CT molecular complexity index is 1700. The maximum atomic E-state index is 12.6. The number of anilines is 4. The number of aromatic nitrogens is 4. The largest absolute Gasteiger partial charge is 0.444 e. The zero-order valence-corrected chi connectivity index (χ0v) is 25.9. The van der Waals surface area contributed by atoms with Crippen LogP contribution >= 0.6 is 0 Å². The number of hydrogen-bond acceptors (Lipinski definition) is 9. The van der Waals surface area contributed by atoms with Gasteiger partial charge in [-0.25, -0.2) is 23.2 Å². The lowest BCUT2D eigenvalue weighted by Crippen LogP contribution is -2.55. The van der Waals surface area contributed by atoms with Crippen molar-refractivity contribution in [3.8, 4) is 0 Å². The van der Waals surface area contributed by atoms with Crippen molar-refractivity contribution >= 4 is 50.3 Å². The van der Waals surface area contributed by atoms with Crippen LogP contribution in [0.5, 0.6) is 0 Å². The summed E-state index contributed by atoms with van der Waals surface area (Å²) >= 11 is 0. The van der Waals surface area contributed by atoms with Crippen molar-refractivity contribution in [3.63, 3.8) is 0 Å². The number of amides is 1. The molecule has 13 heteroatoms. The van der Waals surface area contributed by atoms with Crippen LogP contribution in [0, 0.1) is 0 Å². The summed E-state index contributed by atoms with van der Waals surface area (Å²) in [7, 11) is -3.46. The van der Waals surface area contributed by atoms with E-state index in [9.17, 15) is 13.2 Å². The summed E-state index contributed by atoms with van der Waals surface area (Å²) in [6.07, 6.45) is 4.94. The molecular formula is C30H38N8O4S. The number of rotatable bonds is 8. The number of fused-ring (bicyclic) bond motifs is 1. The minimum absolute atomic E-state index is 0.0207. The number of nitrogens with one attached hydrogen (secondary N) is 2. The highest BCUT2D eigenvalue weighted by atomic mass is 32.2. The molecule has 0 saturated carbocycles. The second-order valence-corrected chi connectivity index (χ2v) is 13.6. The molecule has 3 aromatic heterocycles. The van der Waals surface area contributed by atoms with Gasteiger partial charge in [-0.3, -0.25) is 4.72 Å². The van der Waals surface area contributed by atoms with Gasteiger partial charge < -0.3 is 24.4 Å². The summed E-state index contributed by atoms with van der Waals surface area (Å²) < 4.78 is 34.4. The topological polar surface area (TPSA) is 135 Å². The van der Waals surface area contributed by atoms with Gasteiger partial charge in [-0.15, -0.1) is 0 Å². The highest BCUT2D eigenvalue weighted by Gasteiger charge is 2.31. The van der Waals surface area contributed by atoms with Gasteiger partial charge >= 0.3 is 6.09 Å². The molecular weight excluding hydrogens is 568 g/mol. The van der Waals surface area contributed by atoms with E-state index in [2.05, 4.69) is 24.9 Å². The molecule has 1 saturated heterocycles. The highest BCUT2D eigenvalue weighted by molar-refractivity contribution is 7.92. The van der Waals surface area contributed by atoms with E-state index in [-0.39, 0.29) is 17.9 Å². The molecule has 1 aromatic carbocycles. The third-order valence-corrected chi connectivity index (χ3v) is 8.37. The van der Waals surface area contributed by atoms with Gasteiger partial charge in [0.15, 0.2) is 0 Å². The number of pyridine rings is 1. The van der Waals surface area contributed by atoms with Crippen LogP contribution in [0.1, 0.15) is 40.2 Å². The number of carbonyl (C=O) groups is 1. The molecule has 1 aliphatic heterocycles. The number of ether oxygens (including phenoxy) is 1. The van der Waals surface area contributed by atoms with Crippen LogP contribution in [0.2, 0.25) is 0 Å². The van der Waals surface area contributed by atoms with Gasteiger partial charge in [-0.1, -0.05) is 6.07 Å². The zero-order chi connectivity index (χ0) is 30.8. The Labute approximate surface area is 252 Å². The lowest BCUT2D eigenvalue weighted by Gasteiger charge is -2.41. The van der Waals surface area contributed by atoms with Crippen LogP contribution in [-0.2, 0) is 21.3 Å². The molecule has 1 aliphatic rings. The first-order chi connectivity index (χ1) is 20.4. The van der Waals surface area contributed by atoms with Crippen LogP contribution in [0.3, 0.4) is 0 Å². The molecule has 4 aromatic rings. The number of hydrogen-bond donors (Lipinski definition) is 2. The normalized spacial score (nSPS) is 15.9. The molecule has 1 fully saturated rings. The number of nitrogens with zero attached hydrogens (tertiary/aromatic N) is 6.